The second kappa shape index (κ2) is 5.80. The summed E-state index contributed by atoms with van der Waals surface area (Å²) < 4.78 is 6.09. The maximum atomic E-state index is 6.09. The third-order valence-electron chi connectivity index (χ3n) is 4.48. The number of nitrogens with zero attached hydrogens (tertiary/aromatic N) is 1. The van der Waals surface area contributed by atoms with E-state index < -0.39 is 0 Å². The first-order valence-corrected chi connectivity index (χ1v) is 9.76. The second-order valence-electron chi connectivity index (χ2n) is 5.93. The van der Waals surface area contributed by atoms with E-state index in [1.165, 1.54) is 9.77 Å². The number of thiophene rings is 1. The molecule has 3 heterocycles. The first-order valence-electron chi connectivity index (χ1n) is 8.00. The van der Waals surface area contributed by atoms with Gasteiger partial charge in [-0.3, -0.25) is 4.99 Å². The molecule has 0 unspecified atom stereocenters. The standard InChI is InChI=1S/C20H15NOS2/c1-3-8-16-13(6-1)19-14(12-22-16)20(18-10-5-11-23-18)24-17-9-4-2-7-15(17)21-19/h1-11,14,20H,12H2/t14-,20-/m1/s1. The predicted molar refractivity (Wildman–Crippen MR) is 101 cm³/mol. The van der Waals surface area contributed by atoms with Crippen LogP contribution in [0.15, 0.2) is 75.9 Å². The Balaban J connectivity index is 1.73. The minimum atomic E-state index is 0.260. The van der Waals surface area contributed by atoms with E-state index in [2.05, 4.69) is 53.9 Å². The molecule has 2 aromatic carbocycles. The van der Waals surface area contributed by atoms with E-state index in [1.807, 2.05) is 35.2 Å². The summed E-state index contributed by atoms with van der Waals surface area (Å²) in [6.07, 6.45) is 0. The summed E-state index contributed by atoms with van der Waals surface area (Å²) in [5.74, 6) is 1.21. The number of hydrogen-bond acceptors (Lipinski definition) is 4. The third-order valence-corrected chi connectivity index (χ3v) is 7.02. The molecule has 0 amide bonds. The maximum Gasteiger partial charge on any atom is 0.128 e. The van der Waals surface area contributed by atoms with Crippen LogP contribution in [-0.2, 0) is 0 Å². The summed E-state index contributed by atoms with van der Waals surface area (Å²) in [7, 11) is 0. The molecule has 0 aliphatic carbocycles. The molecule has 0 spiro atoms. The Labute approximate surface area is 149 Å². The molecule has 0 bridgehead atoms. The third kappa shape index (κ3) is 2.29. The second-order valence-corrected chi connectivity index (χ2v) is 8.09. The largest absolute Gasteiger partial charge is 0.492 e. The van der Waals surface area contributed by atoms with E-state index in [0.29, 0.717) is 11.9 Å². The van der Waals surface area contributed by atoms with Crippen LogP contribution < -0.4 is 4.74 Å². The lowest BCUT2D eigenvalue weighted by molar-refractivity contribution is 0.272. The van der Waals surface area contributed by atoms with Crippen molar-refractivity contribution >= 4 is 34.5 Å². The van der Waals surface area contributed by atoms with Crippen LogP contribution in [0, 0.1) is 5.92 Å². The molecule has 0 radical (unpaired) electrons. The van der Waals surface area contributed by atoms with Gasteiger partial charge in [0, 0.05) is 15.3 Å². The number of para-hydroxylation sites is 2. The topological polar surface area (TPSA) is 21.6 Å². The van der Waals surface area contributed by atoms with Gasteiger partial charge in [-0.15, -0.1) is 23.1 Å². The number of benzene rings is 2. The molecule has 1 aromatic heterocycles. The fourth-order valence-corrected chi connectivity index (χ4v) is 5.66. The van der Waals surface area contributed by atoms with Crippen molar-refractivity contribution in [1.82, 2.24) is 0 Å². The summed E-state index contributed by atoms with van der Waals surface area (Å²) >= 11 is 3.73. The van der Waals surface area contributed by atoms with E-state index >= 15 is 0 Å². The Bertz CT molecular complexity index is 917. The van der Waals surface area contributed by atoms with Crippen molar-refractivity contribution in [3.8, 4) is 5.75 Å². The van der Waals surface area contributed by atoms with Gasteiger partial charge in [-0.05, 0) is 35.7 Å². The van der Waals surface area contributed by atoms with Gasteiger partial charge in [0.1, 0.15) is 5.75 Å². The molecule has 118 valence electrons. The zero-order valence-electron chi connectivity index (χ0n) is 12.9. The number of hydrogen-bond donors (Lipinski definition) is 0. The molecule has 3 aromatic rings. The van der Waals surface area contributed by atoms with E-state index in [9.17, 15) is 0 Å². The number of fused-ring (bicyclic) bond motifs is 4. The Hall–Kier alpha value is -2.04. The first kappa shape index (κ1) is 14.3. The number of rotatable bonds is 1. The minimum absolute atomic E-state index is 0.260. The van der Waals surface area contributed by atoms with Crippen LogP contribution in [0.3, 0.4) is 0 Å². The monoisotopic (exact) mass is 349 g/mol. The lowest BCUT2D eigenvalue weighted by Gasteiger charge is -2.30. The molecule has 2 aliphatic heterocycles. The van der Waals surface area contributed by atoms with Crippen molar-refractivity contribution in [2.75, 3.05) is 6.61 Å². The van der Waals surface area contributed by atoms with Gasteiger partial charge >= 0.3 is 0 Å². The highest BCUT2D eigenvalue weighted by Gasteiger charge is 2.37. The van der Waals surface area contributed by atoms with Crippen LogP contribution in [-0.4, -0.2) is 12.3 Å². The predicted octanol–water partition coefficient (Wildman–Crippen LogP) is 5.72. The summed E-state index contributed by atoms with van der Waals surface area (Å²) in [4.78, 5) is 7.72. The normalized spacial score (nSPS) is 21.6. The maximum absolute atomic E-state index is 6.09. The van der Waals surface area contributed by atoms with Gasteiger partial charge in [-0.1, -0.05) is 30.3 Å². The van der Waals surface area contributed by atoms with Crippen molar-refractivity contribution in [3.05, 3.63) is 76.5 Å². The van der Waals surface area contributed by atoms with Crippen LogP contribution in [0.5, 0.6) is 5.75 Å². The van der Waals surface area contributed by atoms with Crippen LogP contribution in [0.25, 0.3) is 0 Å². The molecule has 0 saturated heterocycles. The lowest BCUT2D eigenvalue weighted by atomic mass is 9.90. The average Bonchev–Trinajstić information content (AvgIpc) is 3.10. The molecule has 2 nitrogen and oxygen atoms in total. The van der Waals surface area contributed by atoms with Crippen LogP contribution in [0.1, 0.15) is 15.7 Å². The number of thioether (sulfide) groups is 1. The Kier molecular flexibility index (Phi) is 3.46. The molecule has 2 atom stereocenters. The van der Waals surface area contributed by atoms with E-state index in [4.69, 9.17) is 9.73 Å². The van der Waals surface area contributed by atoms with Crippen molar-refractivity contribution in [2.45, 2.75) is 10.1 Å². The number of aliphatic imine (C=N–C) groups is 1. The van der Waals surface area contributed by atoms with Crippen molar-refractivity contribution in [3.63, 3.8) is 0 Å². The lowest BCUT2D eigenvalue weighted by Crippen LogP contribution is -2.31. The fourth-order valence-electron chi connectivity index (χ4n) is 3.34. The number of ether oxygens (including phenoxy) is 1. The summed E-state index contributed by atoms with van der Waals surface area (Å²) in [6, 6.07) is 21.1. The smallest absolute Gasteiger partial charge is 0.128 e. The molecular formula is C20H15NOS2. The fraction of sp³-hybridized carbons (Fsp3) is 0.150. The highest BCUT2D eigenvalue weighted by atomic mass is 32.2. The summed E-state index contributed by atoms with van der Waals surface area (Å²) in [5.41, 5.74) is 3.36. The SMILES string of the molecule is c1csc([C@@H]2Sc3ccccc3N=C3c4ccccc4OC[C@H]32)c1. The quantitative estimate of drug-likeness (QED) is 0.560. The Morgan fingerprint density at radius 1 is 0.958 bits per heavy atom. The zero-order chi connectivity index (χ0) is 15.9. The van der Waals surface area contributed by atoms with Gasteiger partial charge in [0.15, 0.2) is 0 Å². The Morgan fingerprint density at radius 3 is 2.75 bits per heavy atom. The van der Waals surface area contributed by atoms with Crippen LogP contribution in [0.4, 0.5) is 5.69 Å². The molecule has 2 aliphatic rings. The molecule has 0 fully saturated rings. The van der Waals surface area contributed by atoms with Crippen molar-refractivity contribution in [1.29, 1.82) is 0 Å². The minimum Gasteiger partial charge on any atom is -0.492 e. The average molecular weight is 349 g/mol. The van der Waals surface area contributed by atoms with Gasteiger partial charge in [0.2, 0.25) is 0 Å². The first-order chi connectivity index (χ1) is 11.9. The molecule has 4 heteroatoms. The van der Waals surface area contributed by atoms with Crippen LogP contribution >= 0.6 is 23.1 Å². The van der Waals surface area contributed by atoms with Crippen molar-refractivity contribution in [2.24, 2.45) is 10.9 Å². The summed E-state index contributed by atoms with van der Waals surface area (Å²) in [5, 5.41) is 2.49. The highest BCUT2D eigenvalue weighted by Crippen LogP contribution is 2.51. The van der Waals surface area contributed by atoms with Crippen molar-refractivity contribution < 1.29 is 4.74 Å². The summed E-state index contributed by atoms with van der Waals surface area (Å²) in [6.45, 7) is 0.680. The molecule has 5 rings (SSSR count). The van der Waals surface area contributed by atoms with Gasteiger partial charge in [-0.2, -0.15) is 0 Å². The van der Waals surface area contributed by atoms with E-state index in [-0.39, 0.29) is 5.92 Å². The zero-order valence-corrected chi connectivity index (χ0v) is 14.5. The molecular weight excluding hydrogens is 334 g/mol. The van der Waals surface area contributed by atoms with Gasteiger partial charge in [0.05, 0.1) is 29.2 Å². The molecule has 0 N–H and O–H groups in total. The van der Waals surface area contributed by atoms with Gasteiger partial charge in [0.25, 0.3) is 0 Å². The highest BCUT2D eigenvalue weighted by molar-refractivity contribution is 7.99. The van der Waals surface area contributed by atoms with Gasteiger partial charge in [-0.25, -0.2) is 0 Å². The van der Waals surface area contributed by atoms with E-state index in [1.54, 1.807) is 0 Å². The van der Waals surface area contributed by atoms with Crippen LogP contribution in [0.2, 0.25) is 0 Å². The Morgan fingerprint density at radius 2 is 1.83 bits per heavy atom. The molecule has 0 saturated carbocycles. The molecule has 24 heavy (non-hydrogen) atoms. The van der Waals surface area contributed by atoms with Gasteiger partial charge < -0.3 is 4.74 Å². The van der Waals surface area contributed by atoms with E-state index in [0.717, 1.165) is 22.7 Å².